The maximum Gasteiger partial charge on any atom is 0.272 e. The smallest absolute Gasteiger partial charge is 0.272 e. The Labute approximate surface area is 133 Å². The predicted molar refractivity (Wildman–Crippen MR) is 83.9 cm³/mol. The topological polar surface area (TPSA) is 114 Å². The molecule has 2 amide bonds. The molecule has 23 heavy (non-hydrogen) atoms. The largest absolute Gasteiger partial charge is 0.355 e. The third-order valence-corrected chi connectivity index (χ3v) is 3.76. The highest BCUT2D eigenvalue weighted by Crippen LogP contribution is 2.19. The molecule has 0 unspecified atom stereocenters. The van der Waals surface area contributed by atoms with E-state index in [0.29, 0.717) is 29.8 Å². The van der Waals surface area contributed by atoms with E-state index in [9.17, 15) is 19.7 Å². The molecule has 0 aliphatic carbocycles. The molecule has 1 fully saturated rings. The highest BCUT2D eigenvalue weighted by molar-refractivity contribution is 6.03. The quantitative estimate of drug-likeness (QED) is 0.376. The Morgan fingerprint density at radius 2 is 2.22 bits per heavy atom. The molecule has 1 aromatic carbocycles. The summed E-state index contributed by atoms with van der Waals surface area (Å²) in [4.78, 5) is 34.1. The van der Waals surface area contributed by atoms with E-state index < -0.39 is 16.7 Å². The number of piperidine rings is 1. The summed E-state index contributed by atoms with van der Waals surface area (Å²) in [7, 11) is 0. The van der Waals surface area contributed by atoms with E-state index >= 15 is 0 Å². The van der Waals surface area contributed by atoms with Crippen molar-refractivity contribution in [2.45, 2.75) is 26.7 Å². The van der Waals surface area contributed by atoms with Crippen molar-refractivity contribution >= 4 is 23.2 Å². The number of nitro benzene ring substituents is 1. The van der Waals surface area contributed by atoms with Gasteiger partial charge in [0.05, 0.1) is 10.6 Å². The van der Waals surface area contributed by atoms with Crippen molar-refractivity contribution in [3.05, 3.63) is 39.4 Å². The third kappa shape index (κ3) is 3.91. The molecule has 1 aliphatic heterocycles. The second-order valence-electron chi connectivity index (χ2n) is 5.42. The number of hydrogen-bond donors (Lipinski definition) is 2. The molecule has 0 saturated carbocycles. The fourth-order valence-corrected chi connectivity index (χ4v) is 2.33. The van der Waals surface area contributed by atoms with E-state index in [0.717, 1.165) is 6.42 Å². The number of rotatable bonds is 4. The number of amides is 2. The van der Waals surface area contributed by atoms with Crippen LogP contribution < -0.4 is 10.7 Å². The fourth-order valence-electron chi connectivity index (χ4n) is 2.33. The van der Waals surface area contributed by atoms with Crippen LogP contribution in [0.1, 0.15) is 30.9 Å². The number of nitrogens with one attached hydrogen (secondary N) is 2. The average molecular weight is 318 g/mol. The standard InChI is InChI=1S/C15H18N4O4/c1-9-5-6-11(8-13(9)19(22)23)10(2)17-18-15(21)12-4-3-7-16-14(12)20/h5-6,8,12H,3-4,7H2,1-2H3,(H,16,20)(H,18,21)/b17-10+/t12-/m1/s1. The molecule has 0 aromatic heterocycles. The van der Waals surface area contributed by atoms with Gasteiger partial charge in [0.25, 0.3) is 11.6 Å². The number of benzene rings is 1. The van der Waals surface area contributed by atoms with Gasteiger partial charge in [0.1, 0.15) is 5.92 Å². The Morgan fingerprint density at radius 3 is 2.87 bits per heavy atom. The van der Waals surface area contributed by atoms with Gasteiger partial charge in [-0.3, -0.25) is 19.7 Å². The van der Waals surface area contributed by atoms with Crippen LogP contribution in [0.2, 0.25) is 0 Å². The highest BCUT2D eigenvalue weighted by atomic mass is 16.6. The monoisotopic (exact) mass is 318 g/mol. The van der Waals surface area contributed by atoms with Gasteiger partial charge in [-0.05, 0) is 26.7 Å². The zero-order chi connectivity index (χ0) is 17.0. The lowest BCUT2D eigenvalue weighted by Gasteiger charge is -2.19. The Kier molecular flexibility index (Phi) is 5.05. The number of hydrogen-bond acceptors (Lipinski definition) is 5. The first-order valence-corrected chi connectivity index (χ1v) is 7.27. The lowest BCUT2D eigenvalue weighted by Crippen LogP contribution is -2.44. The Balaban J connectivity index is 2.10. The van der Waals surface area contributed by atoms with E-state index in [1.54, 1.807) is 26.0 Å². The summed E-state index contributed by atoms with van der Waals surface area (Å²) in [5.74, 6) is -1.51. The van der Waals surface area contributed by atoms with Crippen LogP contribution in [-0.2, 0) is 9.59 Å². The molecular formula is C15H18N4O4. The van der Waals surface area contributed by atoms with E-state index in [1.165, 1.54) is 6.07 Å². The first-order chi connectivity index (χ1) is 10.9. The molecule has 1 aliphatic rings. The van der Waals surface area contributed by atoms with E-state index in [2.05, 4.69) is 15.8 Å². The third-order valence-electron chi connectivity index (χ3n) is 3.76. The van der Waals surface area contributed by atoms with Crippen LogP contribution in [0.25, 0.3) is 0 Å². The van der Waals surface area contributed by atoms with Gasteiger partial charge >= 0.3 is 0 Å². The van der Waals surface area contributed by atoms with Gasteiger partial charge in [-0.1, -0.05) is 12.1 Å². The minimum Gasteiger partial charge on any atom is -0.355 e. The molecule has 0 bridgehead atoms. The van der Waals surface area contributed by atoms with Crippen LogP contribution in [-0.4, -0.2) is 29.0 Å². The molecule has 0 spiro atoms. The number of aryl methyl sites for hydroxylation is 1. The first-order valence-electron chi connectivity index (χ1n) is 7.27. The number of hydrazone groups is 1. The Morgan fingerprint density at radius 1 is 1.48 bits per heavy atom. The van der Waals surface area contributed by atoms with Crippen molar-refractivity contribution in [1.82, 2.24) is 10.7 Å². The molecule has 2 rings (SSSR count). The minimum absolute atomic E-state index is 0.00460. The number of nitro groups is 1. The molecule has 8 nitrogen and oxygen atoms in total. The maximum absolute atomic E-state index is 12.0. The normalized spacial score (nSPS) is 18.3. The van der Waals surface area contributed by atoms with Crippen molar-refractivity contribution in [3.63, 3.8) is 0 Å². The van der Waals surface area contributed by atoms with Gasteiger partial charge in [-0.25, -0.2) is 5.43 Å². The van der Waals surface area contributed by atoms with Gasteiger partial charge in [-0.2, -0.15) is 5.10 Å². The summed E-state index contributed by atoms with van der Waals surface area (Å²) in [6.45, 7) is 3.87. The van der Waals surface area contributed by atoms with Crippen molar-refractivity contribution in [2.24, 2.45) is 11.0 Å². The van der Waals surface area contributed by atoms with E-state index in [1.807, 2.05) is 0 Å². The molecule has 1 aromatic rings. The molecule has 0 radical (unpaired) electrons. The summed E-state index contributed by atoms with van der Waals surface area (Å²) >= 11 is 0. The van der Waals surface area contributed by atoms with Crippen molar-refractivity contribution in [2.75, 3.05) is 6.54 Å². The van der Waals surface area contributed by atoms with Gasteiger partial charge in [0, 0.05) is 23.7 Å². The zero-order valence-corrected chi connectivity index (χ0v) is 13.0. The molecule has 1 atom stereocenters. The predicted octanol–water partition coefficient (Wildman–Crippen LogP) is 1.27. The van der Waals surface area contributed by atoms with Gasteiger partial charge in [-0.15, -0.1) is 0 Å². The summed E-state index contributed by atoms with van der Waals surface area (Å²) in [6.07, 6.45) is 1.24. The molecular weight excluding hydrogens is 300 g/mol. The lowest BCUT2D eigenvalue weighted by molar-refractivity contribution is -0.385. The minimum atomic E-state index is -0.743. The van der Waals surface area contributed by atoms with Crippen molar-refractivity contribution in [1.29, 1.82) is 0 Å². The molecule has 122 valence electrons. The SMILES string of the molecule is C/C(=N\NC(=O)[C@@H]1CCCNC1=O)c1ccc(C)c([N+](=O)[O-])c1. The average Bonchev–Trinajstić information content (AvgIpc) is 2.52. The van der Waals surface area contributed by atoms with Crippen LogP contribution in [0.15, 0.2) is 23.3 Å². The number of carbonyl (C=O) groups is 2. The van der Waals surface area contributed by atoms with Crippen LogP contribution in [0.5, 0.6) is 0 Å². The Hall–Kier alpha value is -2.77. The van der Waals surface area contributed by atoms with E-state index in [4.69, 9.17) is 0 Å². The van der Waals surface area contributed by atoms with Crippen LogP contribution in [0, 0.1) is 23.0 Å². The fraction of sp³-hybridized carbons (Fsp3) is 0.400. The van der Waals surface area contributed by atoms with Gasteiger partial charge < -0.3 is 5.32 Å². The number of nitrogens with zero attached hydrogens (tertiary/aromatic N) is 2. The van der Waals surface area contributed by atoms with Crippen molar-refractivity contribution in [3.8, 4) is 0 Å². The maximum atomic E-state index is 12.0. The summed E-state index contributed by atoms with van der Waals surface area (Å²) < 4.78 is 0. The van der Waals surface area contributed by atoms with Crippen LogP contribution in [0.3, 0.4) is 0 Å². The van der Waals surface area contributed by atoms with Gasteiger partial charge in [0.2, 0.25) is 5.91 Å². The van der Waals surface area contributed by atoms with E-state index in [-0.39, 0.29) is 11.6 Å². The summed E-state index contributed by atoms with van der Waals surface area (Å²) in [6, 6.07) is 4.73. The number of carbonyl (C=O) groups excluding carboxylic acids is 2. The molecule has 8 heteroatoms. The zero-order valence-electron chi connectivity index (χ0n) is 13.0. The lowest BCUT2D eigenvalue weighted by atomic mass is 9.98. The summed E-state index contributed by atoms with van der Waals surface area (Å²) in [5, 5.41) is 17.5. The molecule has 1 saturated heterocycles. The molecule has 1 heterocycles. The molecule has 2 N–H and O–H groups in total. The summed E-state index contributed by atoms with van der Waals surface area (Å²) in [5.41, 5.74) is 3.87. The second-order valence-corrected chi connectivity index (χ2v) is 5.42. The Bertz CT molecular complexity index is 684. The highest BCUT2D eigenvalue weighted by Gasteiger charge is 2.28. The second kappa shape index (κ2) is 6.99. The first kappa shape index (κ1) is 16.6. The van der Waals surface area contributed by atoms with Crippen molar-refractivity contribution < 1.29 is 14.5 Å². The van der Waals surface area contributed by atoms with Gasteiger partial charge in [0.15, 0.2) is 0 Å². The van der Waals surface area contributed by atoms with Crippen LogP contribution >= 0.6 is 0 Å². The van der Waals surface area contributed by atoms with Crippen LogP contribution in [0.4, 0.5) is 5.69 Å².